The lowest BCUT2D eigenvalue weighted by molar-refractivity contribution is -0.320. The van der Waals surface area contributed by atoms with E-state index in [0.29, 0.717) is 0 Å². The number of hydrogen-bond acceptors (Lipinski definition) is 6. The SMILES string of the molecule is C[C@H](O)[C@@H](O)[C@@H](O)[C@H](O)C(=O)[O-]. The third-order valence-corrected chi connectivity index (χ3v) is 1.41. The topological polar surface area (TPSA) is 121 Å². The van der Waals surface area contributed by atoms with Gasteiger partial charge in [-0.3, -0.25) is 0 Å². The molecular formula is C6H11O6-. The summed E-state index contributed by atoms with van der Waals surface area (Å²) in [5.74, 6) is -1.90. The van der Waals surface area contributed by atoms with Crippen molar-refractivity contribution in [1.82, 2.24) is 0 Å². The van der Waals surface area contributed by atoms with Crippen molar-refractivity contribution in [3.8, 4) is 0 Å². The fourth-order valence-corrected chi connectivity index (χ4v) is 0.612. The first kappa shape index (κ1) is 11.3. The predicted octanol–water partition coefficient (Wildman–Crippen LogP) is -3.80. The molecule has 0 bridgehead atoms. The van der Waals surface area contributed by atoms with Gasteiger partial charge < -0.3 is 30.3 Å². The predicted molar refractivity (Wildman–Crippen MR) is 34.7 cm³/mol. The zero-order valence-electron chi connectivity index (χ0n) is 6.41. The molecule has 0 saturated heterocycles. The van der Waals surface area contributed by atoms with Crippen molar-refractivity contribution in [2.45, 2.75) is 31.3 Å². The molecule has 0 aliphatic heterocycles. The fraction of sp³-hybridized carbons (Fsp3) is 0.833. The van der Waals surface area contributed by atoms with Crippen molar-refractivity contribution in [3.05, 3.63) is 0 Å². The molecule has 0 amide bonds. The number of carboxylic acids is 1. The van der Waals surface area contributed by atoms with Crippen molar-refractivity contribution in [2.75, 3.05) is 0 Å². The van der Waals surface area contributed by atoms with Crippen molar-refractivity contribution in [1.29, 1.82) is 0 Å². The number of aliphatic hydroxyl groups excluding tert-OH is 4. The summed E-state index contributed by atoms with van der Waals surface area (Å²) in [6, 6.07) is 0. The van der Waals surface area contributed by atoms with Crippen LogP contribution in [-0.2, 0) is 4.79 Å². The van der Waals surface area contributed by atoms with Gasteiger partial charge >= 0.3 is 0 Å². The van der Waals surface area contributed by atoms with Crippen LogP contribution in [0.3, 0.4) is 0 Å². The molecule has 6 heteroatoms. The molecule has 0 aromatic rings. The van der Waals surface area contributed by atoms with E-state index in [1.54, 1.807) is 0 Å². The minimum atomic E-state index is -2.20. The number of hydrogen-bond donors (Lipinski definition) is 4. The van der Waals surface area contributed by atoms with E-state index >= 15 is 0 Å². The average molecular weight is 179 g/mol. The van der Waals surface area contributed by atoms with Crippen LogP contribution in [-0.4, -0.2) is 50.8 Å². The number of carboxylic acid groups (broad SMARTS) is 1. The molecule has 0 heterocycles. The summed E-state index contributed by atoms with van der Waals surface area (Å²) in [6.45, 7) is 1.15. The second-order valence-corrected chi connectivity index (χ2v) is 2.49. The van der Waals surface area contributed by atoms with Gasteiger partial charge in [0.25, 0.3) is 0 Å². The van der Waals surface area contributed by atoms with Crippen LogP contribution in [0.4, 0.5) is 0 Å². The van der Waals surface area contributed by atoms with Gasteiger partial charge in [-0.15, -0.1) is 0 Å². The first-order chi connectivity index (χ1) is 5.37. The highest BCUT2D eigenvalue weighted by Crippen LogP contribution is 2.03. The molecule has 0 unspecified atom stereocenters. The molecule has 0 rings (SSSR count). The number of carbonyl (C=O) groups excluding carboxylic acids is 1. The van der Waals surface area contributed by atoms with Crippen LogP contribution in [0.25, 0.3) is 0 Å². The standard InChI is InChI=1S/C6H12O6/c1-2(7)3(8)4(9)5(10)6(11)12/h2-5,7-10H,1H3,(H,11,12)/p-1/t2-,3+,4+,5-/m0/s1. The Kier molecular flexibility index (Phi) is 4.11. The molecule has 0 aromatic carbocycles. The highest BCUT2D eigenvalue weighted by atomic mass is 16.4. The Hall–Kier alpha value is -0.690. The van der Waals surface area contributed by atoms with Gasteiger partial charge in [0.1, 0.15) is 18.3 Å². The van der Waals surface area contributed by atoms with Crippen molar-refractivity contribution in [2.24, 2.45) is 0 Å². The van der Waals surface area contributed by atoms with Crippen molar-refractivity contribution >= 4 is 5.97 Å². The molecule has 72 valence electrons. The van der Waals surface area contributed by atoms with Crippen LogP contribution in [0.2, 0.25) is 0 Å². The van der Waals surface area contributed by atoms with E-state index in [2.05, 4.69) is 0 Å². The van der Waals surface area contributed by atoms with Crippen LogP contribution in [0, 0.1) is 0 Å². The van der Waals surface area contributed by atoms with Crippen LogP contribution in [0.15, 0.2) is 0 Å². The summed E-state index contributed by atoms with van der Waals surface area (Å²) >= 11 is 0. The lowest BCUT2D eigenvalue weighted by Gasteiger charge is -2.24. The van der Waals surface area contributed by atoms with E-state index in [1.165, 1.54) is 0 Å². The first-order valence-electron chi connectivity index (χ1n) is 3.31. The van der Waals surface area contributed by atoms with E-state index in [-0.39, 0.29) is 0 Å². The Bertz CT molecular complexity index is 156. The second kappa shape index (κ2) is 4.36. The van der Waals surface area contributed by atoms with Gasteiger partial charge in [-0.25, -0.2) is 0 Å². The maximum Gasteiger partial charge on any atom is 0.122 e. The lowest BCUT2D eigenvalue weighted by Crippen LogP contribution is -2.51. The fourth-order valence-electron chi connectivity index (χ4n) is 0.612. The number of aliphatic carboxylic acids is 1. The van der Waals surface area contributed by atoms with Crippen LogP contribution >= 0.6 is 0 Å². The first-order valence-corrected chi connectivity index (χ1v) is 3.31. The van der Waals surface area contributed by atoms with E-state index in [4.69, 9.17) is 20.4 Å². The molecule has 0 radical (unpaired) electrons. The third kappa shape index (κ3) is 2.74. The largest absolute Gasteiger partial charge is 0.547 e. The molecule has 0 aromatic heterocycles. The van der Waals surface area contributed by atoms with Gasteiger partial charge in [0.2, 0.25) is 0 Å². The quantitative estimate of drug-likeness (QED) is 0.351. The van der Waals surface area contributed by atoms with Crippen LogP contribution < -0.4 is 5.11 Å². The van der Waals surface area contributed by atoms with Crippen molar-refractivity contribution < 1.29 is 30.3 Å². The third-order valence-electron chi connectivity index (χ3n) is 1.41. The van der Waals surface area contributed by atoms with Gasteiger partial charge in [0.05, 0.1) is 12.1 Å². The molecule has 0 aliphatic carbocycles. The van der Waals surface area contributed by atoms with Gasteiger partial charge in [-0.1, -0.05) is 0 Å². The van der Waals surface area contributed by atoms with E-state index < -0.39 is 30.4 Å². The summed E-state index contributed by atoms with van der Waals surface area (Å²) in [7, 11) is 0. The molecular weight excluding hydrogens is 168 g/mol. The molecule has 0 spiro atoms. The Balaban J connectivity index is 4.18. The molecule has 12 heavy (non-hydrogen) atoms. The van der Waals surface area contributed by atoms with Gasteiger partial charge in [0, 0.05) is 0 Å². The maximum absolute atomic E-state index is 9.95. The van der Waals surface area contributed by atoms with Gasteiger partial charge in [-0.2, -0.15) is 0 Å². The highest BCUT2D eigenvalue weighted by Gasteiger charge is 2.28. The zero-order valence-corrected chi connectivity index (χ0v) is 6.41. The van der Waals surface area contributed by atoms with Crippen LogP contribution in [0.1, 0.15) is 6.92 Å². The van der Waals surface area contributed by atoms with Crippen LogP contribution in [0.5, 0.6) is 0 Å². The Morgan fingerprint density at radius 3 is 1.83 bits per heavy atom. The highest BCUT2D eigenvalue weighted by molar-refractivity contribution is 5.70. The Morgan fingerprint density at radius 1 is 1.17 bits per heavy atom. The second-order valence-electron chi connectivity index (χ2n) is 2.49. The van der Waals surface area contributed by atoms with Gasteiger partial charge in [0.15, 0.2) is 0 Å². The molecule has 4 atom stereocenters. The number of aliphatic hydroxyl groups is 4. The van der Waals surface area contributed by atoms with E-state index in [9.17, 15) is 9.90 Å². The zero-order chi connectivity index (χ0) is 9.89. The lowest BCUT2D eigenvalue weighted by atomic mass is 10.0. The summed E-state index contributed by atoms with van der Waals surface area (Å²) in [5, 5.41) is 45.0. The van der Waals surface area contributed by atoms with E-state index in [0.717, 1.165) is 6.92 Å². The summed E-state index contributed by atoms with van der Waals surface area (Å²) in [4.78, 5) is 9.95. The molecule has 6 nitrogen and oxygen atoms in total. The summed E-state index contributed by atoms with van der Waals surface area (Å²) < 4.78 is 0. The Labute approximate surface area is 68.7 Å². The maximum atomic E-state index is 9.95. The van der Waals surface area contributed by atoms with Crippen molar-refractivity contribution in [3.63, 3.8) is 0 Å². The number of rotatable bonds is 4. The summed E-state index contributed by atoms with van der Waals surface area (Å²) in [6.07, 6.45) is -7.18. The monoisotopic (exact) mass is 179 g/mol. The number of carbonyl (C=O) groups is 1. The minimum Gasteiger partial charge on any atom is -0.547 e. The smallest absolute Gasteiger partial charge is 0.122 e. The molecule has 0 fully saturated rings. The molecule has 4 N–H and O–H groups in total. The molecule has 0 saturated carbocycles. The summed E-state index contributed by atoms with van der Waals surface area (Å²) in [5.41, 5.74) is 0. The average Bonchev–Trinajstić information content (AvgIpc) is 2.00. The Morgan fingerprint density at radius 2 is 1.58 bits per heavy atom. The minimum absolute atomic E-state index is 1.15. The molecule has 0 aliphatic rings. The van der Waals surface area contributed by atoms with Gasteiger partial charge in [-0.05, 0) is 6.92 Å². The normalized spacial score (nSPS) is 21.1. The van der Waals surface area contributed by atoms with E-state index in [1.807, 2.05) is 0 Å².